The van der Waals surface area contributed by atoms with Gasteiger partial charge in [0.25, 0.3) is 5.91 Å². The van der Waals surface area contributed by atoms with Crippen LogP contribution in [0.1, 0.15) is 23.2 Å². The van der Waals surface area contributed by atoms with Crippen molar-refractivity contribution in [1.29, 1.82) is 0 Å². The van der Waals surface area contributed by atoms with Gasteiger partial charge in [0.1, 0.15) is 5.75 Å². The zero-order valence-electron chi connectivity index (χ0n) is 14.9. The van der Waals surface area contributed by atoms with Gasteiger partial charge in [-0.1, -0.05) is 0 Å². The molecule has 148 valence electrons. The fraction of sp³-hybridized carbons (Fsp3) is 0.529. The third kappa shape index (κ3) is 3.92. The van der Waals surface area contributed by atoms with Gasteiger partial charge in [-0.3, -0.25) is 9.59 Å². The molecule has 27 heavy (non-hydrogen) atoms. The second kappa shape index (κ2) is 7.45. The SMILES string of the molecule is COc1ccc(S(=O)(=O)N2CCOCC2)cc1C(=O)NCC1(C(=O)O)CC1. The van der Waals surface area contributed by atoms with Crippen molar-refractivity contribution in [3.05, 3.63) is 23.8 Å². The van der Waals surface area contributed by atoms with Crippen molar-refractivity contribution in [2.45, 2.75) is 17.7 Å². The largest absolute Gasteiger partial charge is 0.496 e. The number of sulfonamides is 1. The van der Waals surface area contributed by atoms with Crippen LogP contribution in [0, 0.1) is 5.41 Å². The van der Waals surface area contributed by atoms with Crippen LogP contribution in [0.5, 0.6) is 5.75 Å². The Morgan fingerprint density at radius 2 is 1.96 bits per heavy atom. The number of rotatable bonds is 7. The Balaban J connectivity index is 1.83. The highest BCUT2D eigenvalue weighted by molar-refractivity contribution is 7.89. The average molecular weight is 398 g/mol. The smallest absolute Gasteiger partial charge is 0.311 e. The molecule has 10 heteroatoms. The molecular formula is C17H22N2O7S. The van der Waals surface area contributed by atoms with E-state index in [0.717, 1.165) is 0 Å². The molecule has 2 N–H and O–H groups in total. The van der Waals surface area contributed by atoms with Crippen LogP contribution in [0.3, 0.4) is 0 Å². The summed E-state index contributed by atoms with van der Waals surface area (Å²) in [5.74, 6) is -1.30. The minimum atomic E-state index is -3.76. The fourth-order valence-electron chi connectivity index (χ4n) is 2.92. The number of nitrogens with one attached hydrogen (secondary N) is 1. The maximum Gasteiger partial charge on any atom is 0.311 e. The van der Waals surface area contributed by atoms with Crippen molar-refractivity contribution in [2.75, 3.05) is 40.0 Å². The molecule has 3 rings (SSSR count). The quantitative estimate of drug-likeness (QED) is 0.678. The van der Waals surface area contributed by atoms with Gasteiger partial charge in [0, 0.05) is 19.6 Å². The maximum atomic E-state index is 12.8. The van der Waals surface area contributed by atoms with Crippen LogP contribution >= 0.6 is 0 Å². The van der Waals surface area contributed by atoms with E-state index in [1.54, 1.807) is 0 Å². The summed E-state index contributed by atoms with van der Waals surface area (Å²) < 4.78 is 37.3. The lowest BCUT2D eigenvalue weighted by Crippen LogP contribution is -2.40. The molecule has 0 aromatic heterocycles. The van der Waals surface area contributed by atoms with E-state index in [4.69, 9.17) is 9.47 Å². The van der Waals surface area contributed by atoms with Crippen LogP contribution in [0.25, 0.3) is 0 Å². The van der Waals surface area contributed by atoms with Crippen LogP contribution in [0.2, 0.25) is 0 Å². The molecule has 2 aliphatic rings. The van der Waals surface area contributed by atoms with Gasteiger partial charge in [0.05, 0.1) is 36.2 Å². The van der Waals surface area contributed by atoms with Crippen molar-refractivity contribution in [1.82, 2.24) is 9.62 Å². The second-order valence-corrected chi connectivity index (χ2v) is 8.58. The summed E-state index contributed by atoms with van der Waals surface area (Å²) in [6.45, 7) is 1.12. The highest BCUT2D eigenvalue weighted by Gasteiger charge is 2.50. The van der Waals surface area contributed by atoms with Crippen LogP contribution in [-0.2, 0) is 19.6 Å². The molecule has 1 heterocycles. The van der Waals surface area contributed by atoms with Gasteiger partial charge in [0.2, 0.25) is 10.0 Å². The molecule has 0 atom stereocenters. The normalized spacial score (nSPS) is 19.3. The van der Waals surface area contributed by atoms with E-state index in [0.29, 0.717) is 26.1 Å². The Bertz CT molecular complexity index is 843. The second-order valence-electron chi connectivity index (χ2n) is 6.65. The molecule has 1 aliphatic carbocycles. The lowest BCUT2D eigenvalue weighted by Gasteiger charge is -2.26. The zero-order valence-corrected chi connectivity index (χ0v) is 15.8. The highest BCUT2D eigenvalue weighted by Crippen LogP contribution is 2.45. The third-order valence-electron chi connectivity index (χ3n) is 4.92. The zero-order chi connectivity index (χ0) is 19.7. The van der Waals surface area contributed by atoms with Crippen molar-refractivity contribution in [3.8, 4) is 5.75 Å². The summed E-state index contributed by atoms with van der Waals surface area (Å²) >= 11 is 0. The highest BCUT2D eigenvalue weighted by atomic mass is 32.2. The summed E-state index contributed by atoms with van der Waals surface area (Å²) in [6.07, 6.45) is 1.01. The van der Waals surface area contributed by atoms with Gasteiger partial charge < -0.3 is 19.9 Å². The monoisotopic (exact) mass is 398 g/mol. The predicted molar refractivity (Wildman–Crippen MR) is 94.2 cm³/mol. The number of carboxylic acids is 1. The summed E-state index contributed by atoms with van der Waals surface area (Å²) in [4.78, 5) is 23.8. The molecule has 1 amide bonds. The molecule has 9 nitrogen and oxygen atoms in total. The first-order chi connectivity index (χ1) is 12.8. The van der Waals surface area contributed by atoms with E-state index < -0.39 is 27.3 Å². The van der Waals surface area contributed by atoms with E-state index >= 15 is 0 Å². The van der Waals surface area contributed by atoms with Gasteiger partial charge in [-0.15, -0.1) is 0 Å². The number of amides is 1. The van der Waals surface area contributed by atoms with Crippen molar-refractivity contribution >= 4 is 21.9 Å². The summed E-state index contributed by atoms with van der Waals surface area (Å²) in [5, 5.41) is 11.8. The van der Waals surface area contributed by atoms with Gasteiger partial charge in [0.15, 0.2) is 0 Å². The molecule has 0 unspecified atom stereocenters. The van der Waals surface area contributed by atoms with Crippen LogP contribution < -0.4 is 10.1 Å². The minimum absolute atomic E-state index is 0.00916. The Hall–Kier alpha value is -2.17. The molecule has 1 saturated heterocycles. The number of benzene rings is 1. The number of morpholine rings is 1. The van der Waals surface area contributed by atoms with Gasteiger partial charge in [-0.05, 0) is 31.0 Å². The standard InChI is InChI=1S/C17H22N2O7S/c1-25-14-3-2-12(27(23,24)19-6-8-26-9-7-19)10-13(14)15(20)18-11-17(4-5-17)16(21)22/h2-3,10H,4-9,11H2,1H3,(H,18,20)(H,21,22). The van der Waals surface area contributed by atoms with E-state index in [9.17, 15) is 23.1 Å². The molecule has 1 aliphatic heterocycles. The van der Waals surface area contributed by atoms with Crippen molar-refractivity contribution in [3.63, 3.8) is 0 Å². The molecule has 1 saturated carbocycles. The summed E-state index contributed by atoms with van der Waals surface area (Å²) in [7, 11) is -2.39. The number of methoxy groups -OCH3 is 1. The van der Waals surface area contributed by atoms with Gasteiger partial charge >= 0.3 is 5.97 Å². The van der Waals surface area contributed by atoms with Crippen molar-refractivity contribution < 1.29 is 32.6 Å². The number of hydrogen-bond donors (Lipinski definition) is 2. The van der Waals surface area contributed by atoms with Gasteiger partial charge in [-0.2, -0.15) is 4.31 Å². The topological polar surface area (TPSA) is 122 Å². The maximum absolute atomic E-state index is 12.8. The number of carbonyl (C=O) groups excluding carboxylic acids is 1. The minimum Gasteiger partial charge on any atom is -0.496 e. The molecule has 2 fully saturated rings. The lowest BCUT2D eigenvalue weighted by atomic mass is 10.1. The molecule has 0 radical (unpaired) electrons. The Labute approximate surface area is 157 Å². The Kier molecular flexibility index (Phi) is 5.41. The van der Waals surface area contributed by atoms with Crippen LogP contribution in [0.15, 0.2) is 23.1 Å². The van der Waals surface area contributed by atoms with Crippen molar-refractivity contribution in [2.24, 2.45) is 5.41 Å². The summed E-state index contributed by atoms with van der Waals surface area (Å²) in [6, 6.07) is 4.08. The number of carbonyl (C=O) groups is 2. The van der Waals surface area contributed by atoms with E-state index in [1.165, 1.54) is 29.6 Å². The lowest BCUT2D eigenvalue weighted by molar-refractivity contribution is -0.143. The fourth-order valence-corrected chi connectivity index (χ4v) is 4.36. The first kappa shape index (κ1) is 19.6. The number of ether oxygens (including phenoxy) is 2. The van der Waals surface area contributed by atoms with E-state index in [-0.39, 0.29) is 35.8 Å². The molecular weight excluding hydrogens is 376 g/mol. The first-order valence-corrected chi connectivity index (χ1v) is 10.0. The number of carboxylic acid groups (broad SMARTS) is 1. The third-order valence-corrected chi connectivity index (χ3v) is 6.81. The molecule has 1 aromatic carbocycles. The number of aliphatic carboxylic acids is 1. The molecule has 1 aromatic rings. The van der Waals surface area contributed by atoms with E-state index in [1.807, 2.05) is 0 Å². The Morgan fingerprint density at radius 1 is 1.30 bits per heavy atom. The number of nitrogens with zero attached hydrogens (tertiary/aromatic N) is 1. The first-order valence-electron chi connectivity index (χ1n) is 8.58. The molecule has 0 spiro atoms. The van der Waals surface area contributed by atoms with Crippen LogP contribution in [0.4, 0.5) is 0 Å². The summed E-state index contributed by atoms with van der Waals surface area (Å²) in [5.41, 5.74) is -0.867. The van der Waals surface area contributed by atoms with Crippen LogP contribution in [-0.4, -0.2) is 69.7 Å². The average Bonchev–Trinajstić information content (AvgIpc) is 3.47. The molecule has 0 bridgehead atoms. The van der Waals surface area contributed by atoms with Gasteiger partial charge in [-0.25, -0.2) is 8.42 Å². The Morgan fingerprint density at radius 3 is 2.52 bits per heavy atom. The number of hydrogen-bond acceptors (Lipinski definition) is 6. The van der Waals surface area contributed by atoms with E-state index in [2.05, 4.69) is 5.32 Å². The predicted octanol–water partition coefficient (Wildman–Crippen LogP) is 0.311.